The van der Waals surface area contributed by atoms with Gasteiger partial charge in [-0.05, 0) is 0 Å². The van der Waals surface area contributed by atoms with Crippen LogP contribution in [-0.4, -0.2) is 26.9 Å². The van der Waals surface area contributed by atoms with Crippen LogP contribution in [0.3, 0.4) is 0 Å². The van der Waals surface area contributed by atoms with Gasteiger partial charge in [-0.15, -0.1) is 0 Å². The van der Waals surface area contributed by atoms with Crippen LogP contribution in [-0.2, 0) is 6.54 Å². The normalized spacial score (nSPS) is 12.9. The van der Waals surface area contributed by atoms with Crippen molar-refractivity contribution in [2.75, 3.05) is 0 Å². The number of hydrogen-bond donors (Lipinski definition) is 1. The van der Waals surface area contributed by atoms with Gasteiger partial charge in [0, 0.05) is 0 Å². The molecule has 84 valence electrons. The number of nitrogens with zero attached hydrogens (tertiary/aromatic N) is 4. The summed E-state index contributed by atoms with van der Waals surface area (Å²) in [5.41, 5.74) is -0.567. The summed E-state index contributed by atoms with van der Waals surface area (Å²) >= 11 is 0. The van der Waals surface area contributed by atoms with Gasteiger partial charge in [0.25, 0.3) is 0 Å². The van der Waals surface area contributed by atoms with E-state index in [0.717, 1.165) is 10.9 Å². The lowest BCUT2D eigenvalue weighted by Crippen LogP contribution is -2.32. The lowest BCUT2D eigenvalue weighted by molar-refractivity contribution is -0.207. The van der Waals surface area contributed by atoms with Crippen molar-refractivity contribution in [3.63, 3.8) is 0 Å². The number of alkyl halides is 3. The fraction of sp³-hybridized carbons (Fsp3) is 0.375. The van der Waals surface area contributed by atoms with Gasteiger partial charge < -0.3 is 9.67 Å². The zero-order chi connectivity index (χ0) is 12.3. The number of aliphatic hydroxyl groups is 1. The molecule has 0 aliphatic rings. The smallest absolute Gasteiger partial charge is 0.382 e. The van der Waals surface area contributed by atoms with Crippen molar-refractivity contribution >= 4 is 0 Å². The first-order valence-electron chi connectivity index (χ1n) is 4.00. The molecule has 8 heteroatoms. The lowest BCUT2D eigenvalue weighted by Gasteiger charge is -2.14. The molecule has 1 unspecified atom stereocenters. The monoisotopic (exact) mass is 230 g/mol. The zero-order valence-electron chi connectivity index (χ0n) is 7.73. The van der Waals surface area contributed by atoms with Crippen molar-refractivity contribution in [2.45, 2.75) is 18.8 Å². The maximum Gasteiger partial charge on any atom is 0.416 e. The summed E-state index contributed by atoms with van der Waals surface area (Å²) in [6, 6.07) is 3.11. The molecule has 0 aromatic carbocycles. The summed E-state index contributed by atoms with van der Waals surface area (Å²) in [6.07, 6.45) is -6.46. The van der Waals surface area contributed by atoms with Gasteiger partial charge in [0.05, 0.1) is 12.9 Å². The maximum atomic E-state index is 12.0. The molecular formula is C8H5F3N4O. The summed E-state index contributed by atoms with van der Waals surface area (Å²) < 4.78 is 36.9. The molecule has 0 saturated heterocycles. The predicted octanol–water partition coefficient (Wildman–Crippen LogP) is 0.550. The van der Waals surface area contributed by atoms with Crippen LogP contribution in [0.4, 0.5) is 13.2 Å². The van der Waals surface area contributed by atoms with Gasteiger partial charge in [-0.2, -0.15) is 23.7 Å². The van der Waals surface area contributed by atoms with Crippen LogP contribution in [0.1, 0.15) is 11.4 Å². The Morgan fingerprint density at radius 3 is 2.50 bits per heavy atom. The van der Waals surface area contributed by atoms with Gasteiger partial charge in [0.15, 0.2) is 17.5 Å². The predicted molar refractivity (Wildman–Crippen MR) is 43.7 cm³/mol. The minimum Gasteiger partial charge on any atom is -0.382 e. The Hall–Kier alpha value is -2.06. The number of aromatic nitrogens is 2. The molecule has 1 rings (SSSR count). The van der Waals surface area contributed by atoms with E-state index >= 15 is 0 Å². The second-order valence-corrected chi connectivity index (χ2v) is 2.88. The summed E-state index contributed by atoms with van der Waals surface area (Å²) in [5, 5.41) is 25.9. The van der Waals surface area contributed by atoms with Crippen molar-refractivity contribution in [1.82, 2.24) is 9.55 Å². The molecule has 1 aromatic heterocycles. The van der Waals surface area contributed by atoms with Crippen molar-refractivity contribution in [3.8, 4) is 12.1 Å². The van der Waals surface area contributed by atoms with Gasteiger partial charge in [-0.3, -0.25) is 0 Å². The third-order valence-corrected chi connectivity index (χ3v) is 1.80. The van der Waals surface area contributed by atoms with Gasteiger partial charge in [0.1, 0.15) is 12.1 Å². The Morgan fingerprint density at radius 2 is 2.06 bits per heavy atom. The molecule has 0 spiro atoms. The Kier molecular flexibility index (Phi) is 3.16. The number of halogens is 3. The molecule has 16 heavy (non-hydrogen) atoms. The van der Waals surface area contributed by atoms with E-state index in [1.54, 1.807) is 12.1 Å². The fourth-order valence-electron chi connectivity index (χ4n) is 1.01. The number of rotatable bonds is 2. The zero-order valence-corrected chi connectivity index (χ0v) is 7.73. The van der Waals surface area contributed by atoms with Crippen LogP contribution < -0.4 is 0 Å². The Morgan fingerprint density at radius 1 is 1.44 bits per heavy atom. The molecule has 0 fully saturated rings. The first-order valence-corrected chi connectivity index (χ1v) is 4.00. The number of imidazole rings is 1. The second kappa shape index (κ2) is 4.21. The minimum atomic E-state index is -4.77. The molecule has 1 N–H and O–H groups in total. The highest BCUT2D eigenvalue weighted by molar-refractivity contribution is 5.36. The van der Waals surface area contributed by atoms with Crippen molar-refractivity contribution in [2.24, 2.45) is 0 Å². The Balaban J connectivity index is 2.96. The molecule has 1 aromatic rings. The summed E-state index contributed by atoms with van der Waals surface area (Å²) in [6.45, 7) is -0.860. The minimum absolute atomic E-state index is 0.267. The van der Waals surface area contributed by atoms with E-state index in [4.69, 9.17) is 15.6 Å². The van der Waals surface area contributed by atoms with E-state index in [-0.39, 0.29) is 11.4 Å². The average Bonchev–Trinajstić information content (AvgIpc) is 2.58. The van der Waals surface area contributed by atoms with Crippen molar-refractivity contribution in [3.05, 3.63) is 17.7 Å². The van der Waals surface area contributed by atoms with E-state index in [9.17, 15) is 13.2 Å². The summed E-state index contributed by atoms with van der Waals surface area (Å²) in [4.78, 5) is 3.44. The van der Waals surface area contributed by atoms with Crippen molar-refractivity contribution in [1.29, 1.82) is 10.5 Å². The van der Waals surface area contributed by atoms with E-state index in [2.05, 4.69) is 4.98 Å². The molecule has 1 heterocycles. The first kappa shape index (κ1) is 12.0. The molecule has 5 nitrogen and oxygen atoms in total. The first-order chi connectivity index (χ1) is 7.40. The van der Waals surface area contributed by atoms with Crippen LogP contribution in [0.25, 0.3) is 0 Å². The van der Waals surface area contributed by atoms with Crippen LogP contribution in [0.5, 0.6) is 0 Å². The largest absolute Gasteiger partial charge is 0.416 e. The Bertz CT molecular complexity index is 465. The van der Waals surface area contributed by atoms with Gasteiger partial charge in [0.2, 0.25) is 0 Å². The highest BCUT2D eigenvalue weighted by atomic mass is 19.4. The summed E-state index contributed by atoms with van der Waals surface area (Å²) in [7, 11) is 0. The van der Waals surface area contributed by atoms with Crippen molar-refractivity contribution < 1.29 is 18.3 Å². The van der Waals surface area contributed by atoms with E-state index in [0.29, 0.717) is 0 Å². The number of nitriles is 2. The lowest BCUT2D eigenvalue weighted by atomic mass is 10.3. The van der Waals surface area contributed by atoms with E-state index in [1.165, 1.54) is 0 Å². The molecule has 0 radical (unpaired) electrons. The average molecular weight is 230 g/mol. The van der Waals surface area contributed by atoms with Gasteiger partial charge in [-0.25, -0.2) is 4.98 Å². The molecule has 0 bridgehead atoms. The van der Waals surface area contributed by atoms with Gasteiger partial charge >= 0.3 is 6.18 Å². The topological polar surface area (TPSA) is 85.6 Å². The molecule has 0 aliphatic heterocycles. The standard InChI is InChI=1S/C8H5F3N4O/c9-8(10,11)7(16)3-15-4-14-5(1-12)6(15)2-13/h4,7,16H,3H2. The highest BCUT2D eigenvalue weighted by Crippen LogP contribution is 2.21. The SMILES string of the molecule is N#Cc1ncn(CC(O)C(F)(F)F)c1C#N. The number of hydrogen-bond acceptors (Lipinski definition) is 4. The van der Waals surface area contributed by atoms with E-state index < -0.39 is 18.8 Å². The molecule has 0 amide bonds. The molecule has 1 atom stereocenters. The van der Waals surface area contributed by atoms with Crippen LogP contribution in [0.2, 0.25) is 0 Å². The molecule has 0 saturated carbocycles. The van der Waals surface area contributed by atoms with Crippen LogP contribution >= 0.6 is 0 Å². The molecule has 0 aliphatic carbocycles. The highest BCUT2D eigenvalue weighted by Gasteiger charge is 2.38. The Labute approximate surface area is 88.0 Å². The van der Waals surface area contributed by atoms with Crippen LogP contribution in [0.15, 0.2) is 6.33 Å². The van der Waals surface area contributed by atoms with Crippen LogP contribution in [0, 0.1) is 22.7 Å². The molecular weight excluding hydrogens is 225 g/mol. The number of aliphatic hydroxyl groups excluding tert-OH is 1. The van der Waals surface area contributed by atoms with Gasteiger partial charge in [-0.1, -0.05) is 0 Å². The summed E-state index contributed by atoms with van der Waals surface area (Å²) in [5.74, 6) is 0. The van der Waals surface area contributed by atoms with E-state index in [1.807, 2.05) is 0 Å². The maximum absolute atomic E-state index is 12.0. The third kappa shape index (κ3) is 2.30. The third-order valence-electron chi connectivity index (χ3n) is 1.80. The quantitative estimate of drug-likeness (QED) is 0.803. The fourth-order valence-corrected chi connectivity index (χ4v) is 1.01. The second-order valence-electron chi connectivity index (χ2n) is 2.88.